The van der Waals surface area contributed by atoms with Crippen LogP contribution < -0.4 is 5.32 Å². The highest BCUT2D eigenvalue weighted by molar-refractivity contribution is 5.82. The predicted octanol–water partition coefficient (Wildman–Crippen LogP) is 3.80. The van der Waals surface area contributed by atoms with Crippen LogP contribution in [0.25, 0.3) is 6.08 Å². The number of benzene rings is 2. The van der Waals surface area contributed by atoms with Gasteiger partial charge >= 0.3 is 0 Å². The fourth-order valence-electron chi connectivity index (χ4n) is 3.94. The Morgan fingerprint density at radius 2 is 1.78 bits per heavy atom. The number of rotatable bonds is 5. The van der Waals surface area contributed by atoms with Crippen LogP contribution in [0.3, 0.4) is 0 Å². The molecule has 1 fully saturated rings. The standard InChI is InChI=1S/C23H24N2O2/c1-17(26)25-14-11-18-7-5-6-10-20(18)21(25)15-22(27)24-16-23(12-13-23)19-8-3-2-4-9-19/h2-11,14,21H,12-13,15-16H2,1H3,(H,24,27). The monoisotopic (exact) mass is 360 g/mol. The third kappa shape index (κ3) is 3.52. The first-order chi connectivity index (χ1) is 13.1. The lowest BCUT2D eigenvalue weighted by atomic mass is 9.93. The van der Waals surface area contributed by atoms with Gasteiger partial charge in [0.15, 0.2) is 0 Å². The van der Waals surface area contributed by atoms with Crippen molar-refractivity contribution in [2.45, 2.75) is 37.6 Å². The Morgan fingerprint density at radius 1 is 1.07 bits per heavy atom. The van der Waals surface area contributed by atoms with Gasteiger partial charge in [-0.2, -0.15) is 0 Å². The molecule has 1 aliphatic heterocycles. The smallest absolute Gasteiger partial charge is 0.223 e. The summed E-state index contributed by atoms with van der Waals surface area (Å²) in [6.45, 7) is 2.19. The van der Waals surface area contributed by atoms with Gasteiger partial charge in [-0.1, -0.05) is 54.6 Å². The van der Waals surface area contributed by atoms with E-state index in [1.54, 1.807) is 11.1 Å². The lowest BCUT2D eigenvalue weighted by Crippen LogP contribution is -2.37. The van der Waals surface area contributed by atoms with E-state index in [9.17, 15) is 9.59 Å². The van der Waals surface area contributed by atoms with Crippen molar-refractivity contribution in [3.05, 3.63) is 77.5 Å². The maximum Gasteiger partial charge on any atom is 0.223 e. The lowest BCUT2D eigenvalue weighted by Gasteiger charge is -2.32. The minimum atomic E-state index is -0.254. The molecule has 1 unspecified atom stereocenters. The second-order valence-electron chi connectivity index (χ2n) is 7.51. The molecule has 2 aliphatic rings. The zero-order valence-electron chi connectivity index (χ0n) is 15.5. The van der Waals surface area contributed by atoms with Crippen LogP contribution >= 0.6 is 0 Å². The highest BCUT2D eigenvalue weighted by atomic mass is 16.2. The molecule has 138 valence electrons. The maximum absolute atomic E-state index is 12.7. The van der Waals surface area contributed by atoms with E-state index >= 15 is 0 Å². The van der Waals surface area contributed by atoms with E-state index in [1.165, 1.54) is 12.5 Å². The van der Waals surface area contributed by atoms with Crippen LogP contribution in [0.1, 0.15) is 48.9 Å². The number of nitrogens with one attached hydrogen (secondary N) is 1. The van der Waals surface area contributed by atoms with E-state index in [-0.39, 0.29) is 29.7 Å². The highest BCUT2D eigenvalue weighted by Crippen LogP contribution is 2.47. The molecule has 2 aromatic rings. The van der Waals surface area contributed by atoms with E-state index in [2.05, 4.69) is 17.4 Å². The Labute approximate surface area is 159 Å². The van der Waals surface area contributed by atoms with Crippen LogP contribution in [0.15, 0.2) is 60.8 Å². The molecular formula is C23H24N2O2. The van der Waals surface area contributed by atoms with Crippen LogP contribution in [-0.2, 0) is 15.0 Å². The Morgan fingerprint density at radius 3 is 2.48 bits per heavy atom. The summed E-state index contributed by atoms with van der Waals surface area (Å²) < 4.78 is 0. The van der Waals surface area contributed by atoms with Gasteiger partial charge in [-0.3, -0.25) is 9.59 Å². The Kier molecular flexibility index (Phi) is 4.56. The SMILES string of the molecule is CC(=O)N1C=Cc2ccccc2C1CC(=O)NCC1(c2ccccc2)CC1. The summed E-state index contributed by atoms with van der Waals surface area (Å²) in [5.74, 6) is -0.0694. The highest BCUT2D eigenvalue weighted by Gasteiger charge is 2.44. The molecule has 1 heterocycles. The number of amides is 2. The van der Waals surface area contributed by atoms with Crippen molar-refractivity contribution in [3.63, 3.8) is 0 Å². The molecule has 0 aromatic heterocycles. The van der Waals surface area contributed by atoms with Crippen molar-refractivity contribution in [3.8, 4) is 0 Å². The molecule has 0 saturated heterocycles. The quantitative estimate of drug-likeness (QED) is 0.882. The molecule has 4 heteroatoms. The molecule has 27 heavy (non-hydrogen) atoms. The molecule has 1 aliphatic carbocycles. The van der Waals surface area contributed by atoms with Gasteiger partial charge in [-0.15, -0.1) is 0 Å². The molecular weight excluding hydrogens is 336 g/mol. The summed E-state index contributed by atoms with van der Waals surface area (Å²) in [5, 5.41) is 3.12. The van der Waals surface area contributed by atoms with Crippen molar-refractivity contribution < 1.29 is 9.59 Å². The first-order valence-electron chi connectivity index (χ1n) is 9.47. The molecule has 0 spiro atoms. The van der Waals surface area contributed by atoms with Crippen LogP contribution in [-0.4, -0.2) is 23.3 Å². The number of fused-ring (bicyclic) bond motifs is 1. The van der Waals surface area contributed by atoms with Gasteiger partial charge in [-0.05, 0) is 35.6 Å². The first-order valence-corrected chi connectivity index (χ1v) is 9.47. The molecule has 2 aromatic carbocycles. The molecule has 4 rings (SSSR count). The van der Waals surface area contributed by atoms with E-state index in [0.29, 0.717) is 6.54 Å². The average Bonchev–Trinajstić information content (AvgIpc) is 3.48. The predicted molar refractivity (Wildman–Crippen MR) is 106 cm³/mol. The molecule has 1 atom stereocenters. The summed E-state index contributed by atoms with van der Waals surface area (Å²) in [4.78, 5) is 26.4. The summed E-state index contributed by atoms with van der Waals surface area (Å²) >= 11 is 0. The van der Waals surface area contributed by atoms with Crippen LogP contribution in [0.2, 0.25) is 0 Å². The first kappa shape index (κ1) is 17.5. The zero-order chi connectivity index (χ0) is 18.9. The van der Waals surface area contributed by atoms with Gasteiger partial charge in [0, 0.05) is 25.1 Å². The number of hydrogen-bond donors (Lipinski definition) is 1. The Hall–Kier alpha value is -2.88. The van der Waals surface area contributed by atoms with Crippen molar-refractivity contribution in [1.29, 1.82) is 0 Å². The summed E-state index contributed by atoms with van der Waals surface area (Å²) in [6.07, 6.45) is 6.19. The van der Waals surface area contributed by atoms with Gasteiger partial charge in [0.25, 0.3) is 0 Å². The summed E-state index contributed by atoms with van der Waals surface area (Å²) in [6, 6.07) is 18.1. The van der Waals surface area contributed by atoms with Gasteiger partial charge in [0.1, 0.15) is 0 Å². The number of carbonyl (C=O) groups is 2. The van der Waals surface area contributed by atoms with Crippen molar-refractivity contribution in [2.75, 3.05) is 6.54 Å². The summed E-state index contributed by atoms with van der Waals surface area (Å²) in [5.41, 5.74) is 3.47. The summed E-state index contributed by atoms with van der Waals surface area (Å²) in [7, 11) is 0. The Balaban J connectivity index is 1.45. The molecule has 2 amide bonds. The van der Waals surface area contributed by atoms with Crippen molar-refractivity contribution in [1.82, 2.24) is 10.2 Å². The third-order valence-electron chi connectivity index (χ3n) is 5.71. The third-order valence-corrected chi connectivity index (χ3v) is 5.71. The van der Waals surface area contributed by atoms with E-state index in [1.807, 2.05) is 48.5 Å². The van der Waals surface area contributed by atoms with Crippen LogP contribution in [0.5, 0.6) is 0 Å². The number of hydrogen-bond acceptors (Lipinski definition) is 2. The van der Waals surface area contributed by atoms with Crippen molar-refractivity contribution in [2.24, 2.45) is 0 Å². The fourth-order valence-corrected chi connectivity index (χ4v) is 3.94. The zero-order valence-corrected chi connectivity index (χ0v) is 15.5. The Bertz CT molecular complexity index is 884. The minimum absolute atomic E-state index is 0.0152. The maximum atomic E-state index is 12.7. The van der Waals surface area contributed by atoms with E-state index < -0.39 is 0 Å². The topological polar surface area (TPSA) is 49.4 Å². The van der Waals surface area contributed by atoms with Gasteiger partial charge in [0.2, 0.25) is 11.8 Å². The van der Waals surface area contributed by atoms with Gasteiger partial charge in [-0.25, -0.2) is 0 Å². The van der Waals surface area contributed by atoms with Crippen LogP contribution in [0.4, 0.5) is 0 Å². The van der Waals surface area contributed by atoms with Gasteiger partial charge < -0.3 is 10.2 Å². The largest absolute Gasteiger partial charge is 0.355 e. The lowest BCUT2D eigenvalue weighted by molar-refractivity contribution is -0.130. The number of nitrogens with zero attached hydrogens (tertiary/aromatic N) is 1. The molecule has 0 radical (unpaired) electrons. The van der Waals surface area contributed by atoms with Crippen LogP contribution in [0, 0.1) is 0 Å². The normalized spacial score (nSPS) is 19.3. The van der Waals surface area contributed by atoms with Gasteiger partial charge in [0.05, 0.1) is 12.5 Å². The second-order valence-corrected chi connectivity index (χ2v) is 7.51. The molecule has 1 saturated carbocycles. The molecule has 1 N–H and O–H groups in total. The molecule has 0 bridgehead atoms. The number of carbonyl (C=O) groups excluding carboxylic acids is 2. The molecule has 4 nitrogen and oxygen atoms in total. The van der Waals surface area contributed by atoms with E-state index in [4.69, 9.17) is 0 Å². The average molecular weight is 360 g/mol. The van der Waals surface area contributed by atoms with E-state index in [0.717, 1.165) is 24.0 Å². The fraction of sp³-hybridized carbons (Fsp3) is 0.304. The van der Waals surface area contributed by atoms with Crippen molar-refractivity contribution >= 4 is 17.9 Å². The second kappa shape index (κ2) is 7.03. The minimum Gasteiger partial charge on any atom is -0.355 e.